The number of rotatable bonds is 1. The third kappa shape index (κ3) is 1.79. The van der Waals surface area contributed by atoms with Crippen LogP contribution in [0.2, 0.25) is 0 Å². The van der Waals surface area contributed by atoms with Gasteiger partial charge in [0.25, 0.3) is 0 Å². The van der Waals surface area contributed by atoms with Crippen molar-refractivity contribution in [3.63, 3.8) is 0 Å². The molecule has 1 heteroatoms. The van der Waals surface area contributed by atoms with Gasteiger partial charge < -0.3 is 4.74 Å². The Labute approximate surface area is 122 Å². The molecule has 0 heterocycles. The van der Waals surface area contributed by atoms with Gasteiger partial charge in [-0.05, 0) is 67.4 Å². The minimum Gasteiger partial charge on any atom is -0.381 e. The van der Waals surface area contributed by atoms with Crippen LogP contribution in [-0.2, 0) is 4.74 Å². The van der Waals surface area contributed by atoms with Crippen LogP contribution in [0.4, 0.5) is 0 Å². The van der Waals surface area contributed by atoms with E-state index in [1.807, 2.05) is 7.11 Å². The van der Waals surface area contributed by atoms with Crippen LogP contribution in [0.3, 0.4) is 0 Å². The molecule has 5 atom stereocenters. The first-order valence-corrected chi connectivity index (χ1v) is 8.34. The number of methoxy groups -OCH3 is 1. The number of hydrogen-bond acceptors (Lipinski definition) is 1. The zero-order valence-corrected chi connectivity index (χ0v) is 12.8. The molecule has 2 fully saturated rings. The van der Waals surface area contributed by atoms with Crippen LogP contribution in [0.25, 0.3) is 0 Å². The summed E-state index contributed by atoms with van der Waals surface area (Å²) < 4.78 is 5.68. The Bertz CT molecular complexity index is 498. The lowest BCUT2D eigenvalue weighted by atomic mass is 9.56. The number of fused-ring (bicyclic) bond motifs is 5. The third-order valence-electron chi connectivity index (χ3n) is 6.52. The smallest absolute Gasteiger partial charge is 0.0574 e. The van der Waals surface area contributed by atoms with E-state index in [0.717, 1.165) is 17.8 Å². The Morgan fingerprint density at radius 2 is 2.15 bits per heavy atom. The SMILES string of the molecule is COC1CCC2CC=C3C4=CC=C[C@@]4(C)CC[C@@H]3[C@H]2C1. The number of allylic oxidation sites excluding steroid dienone is 6. The third-order valence-corrected chi connectivity index (χ3v) is 6.52. The first-order chi connectivity index (χ1) is 9.71. The lowest BCUT2D eigenvalue weighted by Crippen LogP contribution is -2.40. The molecule has 0 radical (unpaired) electrons. The Morgan fingerprint density at radius 3 is 3.00 bits per heavy atom. The highest BCUT2D eigenvalue weighted by molar-refractivity contribution is 5.50. The fourth-order valence-electron chi connectivity index (χ4n) is 5.30. The maximum atomic E-state index is 5.68. The summed E-state index contributed by atoms with van der Waals surface area (Å²) in [6.07, 6.45) is 18.1. The molecule has 0 saturated heterocycles. The normalized spacial score (nSPS) is 46.1. The quantitative estimate of drug-likeness (QED) is 0.673. The summed E-state index contributed by atoms with van der Waals surface area (Å²) in [6.45, 7) is 2.42. The standard InChI is InChI=1S/C19H26O/c1-19-10-3-4-18(19)16-8-6-13-5-7-14(20-2)12-17(13)15(16)9-11-19/h3-4,8,10,13-15,17H,5-7,9,11-12H2,1-2H3/t13?,14?,15-,17-,19-/m0/s1. The monoisotopic (exact) mass is 270 g/mol. The number of ether oxygens (including phenoxy) is 1. The largest absolute Gasteiger partial charge is 0.381 e. The van der Waals surface area contributed by atoms with Gasteiger partial charge in [-0.25, -0.2) is 0 Å². The van der Waals surface area contributed by atoms with Gasteiger partial charge >= 0.3 is 0 Å². The van der Waals surface area contributed by atoms with Crippen molar-refractivity contribution < 1.29 is 4.74 Å². The molecule has 0 aliphatic heterocycles. The van der Waals surface area contributed by atoms with E-state index in [1.54, 1.807) is 11.1 Å². The van der Waals surface area contributed by atoms with Crippen molar-refractivity contribution in [2.24, 2.45) is 23.2 Å². The van der Waals surface area contributed by atoms with Crippen molar-refractivity contribution in [3.05, 3.63) is 35.5 Å². The maximum Gasteiger partial charge on any atom is 0.0574 e. The molecule has 0 N–H and O–H groups in total. The fraction of sp³-hybridized carbons (Fsp3) is 0.684. The highest BCUT2D eigenvalue weighted by atomic mass is 16.5. The molecule has 0 aromatic carbocycles. The van der Waals surface area contributed by atoms with E-state index >= 15 is 0 Å². The Kier molecular flexibility index (Phi) is 2.96. The molecule has 0 bridgehead atoms. The molecule has 0 spiro atoms. The van der Waals surface area contributed by atoms with Crippen LogP contribution in [0.15, 0.2) is 35.5 Å². The van der Waals surface area contributed by atoms with Crippen LogP contribution < -0.4 is 0 Å². The van der Waals surface area contributed by atoms with Crippen molar-refractivity contribution in [3.8, 4) is 0 Å². The lowest BCUT2D eigenvalue weighted by molar-refractivity contribution is 0.00840. The summed E-state index contributed by atoms with van der Waals surface area (Å²) >= 11 is 0. The van der Waals surface area contributed by atoms with Gasteiger partial charge in [-0.1, -0.05) is 31.2 Å². The first-order valence-electron chi connectivity index (χ1n) is 8.34. The second-order valence-electron chi connectivity index (χ2n) is 7.49. The van der Waals surface area contributed by atoms with Gasteiger partial charge in [0.15, 0.2) is 0 Å². The number of hydrogen-bond donors (Lipinski definition) is 0. The molecule has 4 rings (SSSR count). The molecule has 2 unspecified atom stereocenters. The van der Waals surface area contributed by atoms with Crippen LogP contribution >= 0.6 is 0 Å². The van der Waals surface area contributed by atoms with Crippen LogP contribution in [-0.4, -0.2) is 13.2 Å². The Hall–Kier alpha value is -0.820. The first kappa shape index (κ1) is 12.9. The van der Waals surface area contributed by atoms with Gasteiger partial charge in [0.1, 0.15) is 0 Å². The van der Waals surface area contributed by atoms with Crippen molar-refractivity contribution in [1.29, 1.82) is 0 Å². The van der Waals surface area contributed by atoms with Gasteiger partial charge in [-0.3, -0.25) is 0 Å². The Balaban J connectivity index is 1.65. The summed E-state index contributed by atoms with van der Waals surface area (Å²) in [6, 6.07) is 0. The van der Waals surface area contributed by atoms with Crippen molar-refractivity contribution in [1.82, 2.24) is 0 Å². The molecular formula is C19H26O. The zero-order chi connectivity index (χ0) is 13.7. The highest BCUT2D eigenvalue weighted by Crippen LogP contribution is 2.56. The summed E-state index contributed by atoms with van der Waals surface area (Å²) in [4.78, 5) is 0. The van der Waals surface area contributed by atoms with Crippen LogP contribution in [0.5, 0.6) is 0 Å². The van der Waals surface area contributed by atoms with Gasteiger partial charge in [0, 0.05) is 12.5 Å². The maximum absolute atomic E-state index is 5.68. The van der Waals surface area contributed by atoms with Gasteiger partial charge in [0.2, 0.25) is 0 Å². The second kappa shape index (κ2) is 4.59. The van der Waals surface area contributed by atoms with E-state index in [1.165, 1.54) is 38.5 Å². The highest BCUT2D eigenvalue weighted by Gasteiger charge is 2.46. The molecule has 1 nitrogen and oxygen atoms in total. The summed E-state index contributed by atoms with van der Waals surface area (Å²) in [5.41, 5.74) is 3.67. The molecule has 0 amide bonds. The average molecular weight is 270 g/mol. The van der Waals surface area contributed by atoms with Crippen LogP contribution in [0, 0.1) is 23.2 Å². The van der Waals surface area contributed by atoms with Gasteiger partial charge in [-0.15, -0.1) is 0 Å². The van der Waals surface area contributed by atoms with E-state index in [-0.39, 0.29) is 0 Å². The molecule has 20 heavy (non-hydrogen) atoms. The molecular weight excluding hydrogens is 244 g/mol. The van der Waals surface area contributed by atoms with Gasteiger partial charge in [0.05, 0.1) is 6.10 Å². The van der Waals surface area contributed by atoms with Gasteiger partial charge in [-0.2, -0.15) is 0 Å². The van der Waals surface area contributed by atoms with Crippen molar-refractivity contribution >= 4 is 0 Å². The average Bonchev–Trinajstić information content (AvgIpc) is 2.88. The predicted octanol–water partition coefficient (Wildman–Crippen LogP) is 4.66. The molecule has 2 saturated carbocycles. The minimum atomic E-state index is 0.338. The fourth-order valence-corrected chi connectivity index (χ4v) is 5.30. The Morgan fingerprint density at radius 1 is 1.25 bits per heavy atom. The predicted molar refractivity (Wildman–Crippen MR) is 82.4 cm³/mol. The van der Waals surface area contributed by atoms with E-state index in [4.69, 9.17) is 4.74 Å². The molecule has 4 aliphatic carbocycles. The molecule has 0 aromatic rings. The van der Waals surface area contributed by atoms with Crippen molar-refractivity contribution in [2.45, 2.75) is 51.6 Å². The second-order valence-corrected chi connectivity index (χ2v) is 7.49. The minimum absolute atomic E-state index is 0.338. The zero-order valence-electron chi connectivity index (χ0n) is 12.8. The van der Waals surface area contributed by atoms with E-state index < -0.39 is 0 Å². The molecule has 0 aromatic heterocycles. The topological polar surface area (TPSA) is 9.23 Å². The van der Waals surface area contributed by atoms with E-state index in [2.05, 4.69) is 31.2 Å². The summed E-state index contributed by atoms with van der Waals surface area (Å²) in [7, 11) is 1.89. The summed E-state index contributed by atoms with van der Waals surface area (Å²) in [5.74, 6) is 2.61. The van der Waals surface area contributed by atoms with Crippen LogP contribution in [0.1, 0.15) is 45.4 Å². The van der Waals surface area contributed by atoms with Crippen molar-refractivity contribution in [2.75, 3.05) is 7.11 Å². The van der Waals surface area contributed by atoms with E-state index in [9.17, 15) is 0 Å². The molecule has 4 aliphatic rings. The summed E-state index contributed by atoms with van der Waals surface area (Å²) in [5, 5.41) is 0. The molecule has 108 valence electrons. The lowest BCUT2D eigenvalue weighted by Gasteiger charge is -2.49. The van der Waals surface area contributed by atoms with E-state index in [0.29, 0.717) is 11.5 Å².